The molecule has 3 rings (SSSR count). The fourth-order valence-corrected chi connectivity index (χ4v) is 2.85. The third-order valence-corrected chi connectivity index (χ3v) is 4.10. The Morgan fingerprint density at radius 1 is 1.29 bits per heavy atom. The lowest BCUT2D eigenvalue weighted by Crippen LogP contribution is -2.17. The van der Waals surface area contributed by atoms with Crippen molar-refractivity contribution in [3.63, 3.8) is 0 Å². The molecule has 2 nitrogen and oxygen atoms in total. The minimum atomic E-state index is -0.339. The Hall–Kier alpha value is -1.02. The highest BCUT2D eigenvalue weighted by atomic mass is 16.5. The molecular formula is C15H20O2. The normalized spacial score (nSPS) is 21.2. The van der Waals surface area contributed by atoms with E-state index < -0.39 is 0 Å². The summed E-state index contributed by atoms with van der Waals surface area (Å²) in [6.07, 6.45) is 6.64. The number of aliphatic hydroxyl groups excluding tert-OH is 1. The van der Waals surface area contributed by atoms with Gasteiger partial charge in [0.15, 0.2) is 0 Å². The number of hydrogen-bond donors (Lipinski definition) is 1. The van der Waals surface area contributed by atoms with E-state index in [4.69, 9.17) is 4.74 Å². The Morgan fingerprint density at radius 2 is 2.18 bits per heavy atom. The number of aryl methyl sites for hydroxylation is 1. The zero-order valence-electron chi connectivity index (χ0n) is 10.2. The lowest BCUT2D eigenvalue weighted by molar-refractivity contribution is 0.114. The van der Waals surface area contributed by atoms with Crippen molar-refractivity contribution in [1.82, 2.24) is 0 Å². The third-order valence-electron chi connectivity index (χ3n) is 4.10. The van der Waals surface area contributed by atoms with Crippen LogP contribution in [0.3, 0.4) is 0 Å². The van der Waals surface area contributed by atoms with Gasteiger partial charge in [-0.1, -0.05) is 37.5 Å². The molecule has 2 aliphatic rings. The van der Waals surface area contributed by atoms with Crippen LogP contribution in [-0.4, -0.2) is 11.7 Å². The zero-order chi connectivity index (χ0) is 11.7. The van der Waals surface area contributed by atoms with Crippen molar-refractivity contribution in [2.45, 2.75) is 44.6 Å². The summed E-state index contributed by atoms with van der Waals surface area (Å²) in [6.45, 7) is 0.792. The molecule has 1 aromatic carbocycles. The summed E-state index contributed by atoms with van der Waals surface area (Å²) < 4.78 is 5.75. The summed E-state index contributed by atoms with van der Waals surface area (Å²) >= 11 is 0. The molecule has 0 bridgehead atoms. The lowest BCUT2D eigenvalue weighted by Gasteiger charge is -2.29. The average Bonchev–Trinajstić information content (AvgIpc) is 2.33. The average molecular weight is 232 g/mol. The molecule has 1 heterocycles. The van der Waals surface area contributed by atoms with Crippen LogP contribution in [0.25, 0.3) is 0 Å². The van der Waals surface area contributed by atoms with Crippen molar-refractivity contribution in [2.75, 3.05) is 6.61 Å². The highest BCUT2D eigenvalue weighted by Gasteiger charge is 2.25. The van der Waals surface area contributed by atoms with Crippen LogP contribution in [0.2, 0.25) is 0 Å². The van der Waals surface area contributed by atoms with Gasteiger partial charge in [-0.2, -0.15) is 0 Å². The van der Waals surface area contributed by atoms with Crippen molar-refractivity contribution in [3.8, 4) is 5.75 Å². The number of rotatable bonds is 3. The summed E-state index contributed by atoms with van der Waals surface area (Å²) in [7, 11) is 0. The molecule has 0 radical (unpaired) electrons. The molecule has 0 spiro atoms. The molecule has 1 aliphatic carbocycles. The monoisotopic (exact) mass is 232 g/mol. The fraction of sp³-hybridized carbons (Fsp3) is 0.600. The van der Waals surface area contributed by atoms with Gasteiger partial charge in [0.25, 0.3) is 0 Å². The number of aliphatic hydroxyl groups is 1. The van der Waals surface area contributed by atoms with Crippen molar-refractivity contribution >= 4 is 0 Å². The largest absolute Gasteiger partial charge is 0.493 e. The second-order valence-corrected chi connectivity index (χ2v) is 5.34. The van der Waals surface area contributed by atoms with Crippen LogP contribution in [0, 0.1) is 5.92 Å². The van der Waals surface area contributed by atoms with E-state index in [9.17, 15) is 5.11 Å². The third kappa shape index (κ3) is 2.19. The Kier molecular flexibility index (Phi) is 3.06. The second kappa shape index (κ2) is 4.69. The molecule has 1 saturated carbocycles. The van der Waals surface area contributed by atoms with Gasteiger partial charge in [0, 0.05) is 5.56 Å². The summed E-state index contributed by atoms with van der Waals surface area (Å²) in [4.78, 5) is 0. The molecule has 1 aromatic rings. The van der Waals surface area contributed by atoms with Crippen molar-refractivity contribution < 1.29 is 9.84 Å². The minimum Gasteiger partial charge on any atom is -0.493 e. The smallest absolute Gasteiger partial charge is 0.128 e. The number of para-hydroxylation sites is 1. The first kappa shape index (κ1) is 11.1. The maximum absolute atomic E-state index is 10.3. The van der Waals surface area contributed by atoms with Crippen LogP contribution in [0.4, 0.5) is 0 Å². The lowest BCUT2D eigenvalue weighted by atomic mass is 9.80. The van der Waals surface area contributed by atoms with Crippen LogP contribution in [-0.2, 0) is 6.42 Å². The van der Waals surface area contributed by atoms with Gasteiger partial charge in [0.1, 0.15) is 5.75 Å². The molecule has 1 unspecified atom stereocenters. The van der Waals surface area contributed by atoms with Crippen molar-refractivity contribution in [1.29, 1.82) is 0 Å². The maximum Gasteiger partial charge on any atom is 0.128 e. The molecule has 0 saturated heterocycles. The van der Waals surface area contributed by atoms with Crippen LogP contribution in [0.15, 0.2) is 18.2 Å². The number of benzene rings is 1. The fourth-order valence-electron chi connectivity index (χ4n) is 2.85. The first-order valence-corrected chi connectivity index (χ1v) is 6.77. The SMILES string of the molecule is OC(CC1CCC1)c1cccc2c1OCCC2. The number of ether oxygens (including phenoxy) is 1. The van der Waals surface area contributed by atoms with Crippen molar-refractivity contribution in [3.05, 3.63) is 29.3 Å². The highest BCUT2D eigenvalue weighted by molar-refractivity contribution is 5.44. The predicted molar refractivity (Wildman–Crippen MR) is 67.2 cm³/mol. The maximum atomic E-state index is 10.3. The topological polar surface area (TPSA) is 29.5 Å². The van der Waals surface area contributed by atoms with E-state index in [1.54, 1.807) is 0 Å². The van der Waals surface area contributed by atoms with E-state index in [0.29, 0.717) is 0 Å². The predicted octanol–water partition coefficient (Wildman–Crippen LogP) is 3.24. The van der Waals surface area contributed by atoms with E-state index in [0.717, 1.165) is 43.1 Å². The van der Waals surface area contributed by atoms with Gasteiger partial charge in [-0.25, -0.2) is 0 Å². The Labute approximate surface area is 103 Å². The van der Waals surface area contributed by atoms with Gasteiger partial charge in [-0.05, 0) is 30.7 Å². The molecule has 17 heavy (non-hydrogen) atoms. The standard InChI is InChI=1S/C15H20O2/c16-14(10-11-4-1-5-11)13-8-2-6-12-7-3-9-17-15(12)13/h2,6,8,11,14,16H,1,3-5,7,9-10H2. The minimum absolute atomic E-state index is 0.339. The van der Waals surface area contributed by atoms with Gasteiger partial charge in [0.05, 0.1) is 12.7 Å². The van der Waals surface area contributed by atoms with Gasteiger partial charge in [-0.15, -0.1) is 0 Å². The Balaban J connectivity index is 1.80. The van der Waals surface area contributed by atoms with Crippen LogP contribution in [0.5, 0.6) is 5.75 Å². The molecule has 1 atom stereocenters. The molecule has 0 aromatic heterocycles. The second-order valence-electron chi connectivity index (χ2n) is 5.34. The van der Waals surface area contributed by atoms with Gasteiger partial charge < -0.3 is 9.84 Å². The molecular weight excluding hydrogens is 212 g/mol. The molecule has 92 valence electrons. The summed E-state index contributed by atoms with van der Waals surface area (Å²) in [5.74, 6) is 1.69. The van der Waals surface area contributed by atoms with E-state index in [2.05, 4.69) is 6.07 Å². The first-order valence-electron chi connectivity index (χ1n) is 6.77. The molecule has 2 heteroatoms. The van der Waals surface area contributed by atoms with Crippen LogP contribution >= 0.6 is 0 Å². The number of hydrogen-bond acceptors (Lipinski definition) is 2. The Morgan fingerprint density at radius 3 is 2.94 bits per heavy atom. The van der Waals surface area contributed by atoms with E-state index in [1.165, 1.54) is 24.8 Å². The van der Waals surface area contributed by atoms with E-state index >= 15 is 0 Å². The Bertz CT molecular complexity index is 396. The summed E-state index contributed by atoms with van der Waals surface area (Å²) in [6, 6.07) is 6.19. The highest BCUT2D eigenvalue weighted by Crippen LogP contribution is 2.39. The molecule has 1 N–H and O–H groups in total. The first-order chi connectivity index (χ1) is 8.34. The zero-order valence-corrected chi connectivity index (χ0v) is 10.2. The summed E-state index contributed by atoms with van der Waals surface area (Å²) in [5, 5.41) is 10.3. The van der Waals surface area contributed by atoms with Gasteiger partial charge in [0.2, 0.25) is 0 Å². The summed E-state index contributed by atoms with van der Waals surface area (Å²) in [5.41, 5.74) is 2.27. The molecule has 0 amide bonds. The van der Waals surface area contributed by atoms with E-state index in [-0.39, 0.29) is 6.10 Å². The van der Waals surface area contributed by atoms with Crippen molar-refractivity contribution in [2.24, 2.45) is 5.92 Å². The van der Waals surface area contributed by atoms with E-state index in [1.807, 2.05) is 12.1 Å². The molecule has 1 fully saturated rings. The van der Waals surface area contributed by atoms with Gasteiger partial charge >= 0.3 is 0 Å². The quantitative estimate of drug-likeness (QED) is 0.867. The van der Waals surface area contributed by atoms with Crippen LogP contribution < -0.4 is 4.74 Å². The number of fused-ring (bicyclic) bond motifs is 1. The van der Waals surface area contributed by atoms with Gasteiger partial charge in [-0.3, -0.25) is 0 Å². The van der Waals surface area contributed by atoms with Crippen LogP contribution in [0.1, 0.15) is 49.3 Å². The molecule has 1 aliphatic heterocycles.